The van der Waals surface area contributed by atoms with Gasteiger partial charge in [-0.1, -0.05) is 32.8 Å². The molecule has 0 aliphatic carbocycles. The topological polar surface area (TPSA) is 47.9 Å². The van der Waals surface area contributed by atoms with Gasteiger partial charge < -0.3 is 19.3 Å². The van der Waals surface area contributed by atoms with Crippen molar-refractivity contribution in [3.05, 3.63) is 12.7 Å². The predicted molar refractivity (Wildman–Crippen MR) is 79.9 cm³/mol. The smallest absolute Gasteiger partial charge is 0.137 e. The molecule has 1 fully saturated rings. The van der Waals surface area contributed by atoms with E-state index in [9.17, 15) is 5.11 Å². The lowest BCUT2D eigenvalue weighted by atomic mass is 9.85. The van der Waals surface area contributed by atoms with E-state index in [4.69, 9.17) is 14.2 Å². The summed E-state index contributed by atoms with van der Waals surface area (Å²) in [4.78, 5) is 0. The van der Waals surface area contributed by atoms with Gasteiger partial charge in [0.1, 0.15) is 17.8 Å². The van der Waals surface area contributed by atoms with Crippen LogP contribution >= 0.6 is 0 Å². The van der Waals surface area contributed by atoms with Gasteiger partial charge in [-0.25, -0.2) is 0 Å². The van der Waals surface area contributed by atoms with Gasteiger partial charge in [-0.3, -0.25) is 0 Å². The van der Waals surface area contributed by atoms with E-state index in [0.29, 0.717) is 19.8 Å². The van der Waals surface area contributed by atoms with Crippen molar-refractivity contribution in [2.24, 2.45) is 0 Å². The van der Waals surface area contributed by atoms with Crippen LogP contribution in [-0.4, -0.2) is 48.8 Å². The first kappa shape index (κ1) is 17.6. The molecule has 1 heterocycles. The lowest BCUT2D eigenvalue weighted by Crippen LogP contribution is -2.62. The van der Waals surface area contributed by atoms with Gasteiger partial charge in [-0.05, 0) is 19.8 Å². The minimum Gasteiger partial charge on any atom is -0.380 e. The zero-order valence-electron chi connectivity index (χ0n) is 13.1. The first-order chi connectivity index (χ1) is 9.60. The summed E-state index contributed by atoms with van der Waals surface area (Å²) < 4.78 is 17.4. The minimum atomic E-state index is -1.19. The van der Waals surface area contributed by atoms with Crippen molar-refractivity contribution < 1.29 is 19.3 Å². The highest BCUT2D eigenvalue weighted by molar-refractivity contribution is 5.10. The van der Waals surface area contributed by atoms with Crippen molar-refractivity contribution in [3.63, 3.8) is 0 Å². The van der Waals surface area contributed by atoms with Gasteiger partial charge in [0.2, 0.25) is 0 Å². The van der Waals surface area contributed by atoms with Crippen molar-refractivity contribution in [2.45, 2.75) is 70.4 Å². The molecule has 0 saturated carbocycles. The van der Waals surface area contributed by atoms with Crippen LogP contribution in [0, 0.1) is 0 Å². The zero-order chi connectivity index (χ0) is 15.0. The van der Waals surface area contributed by atoms with Crippen LogP contribution in [0.5, 0.6) is 0 Å². The van der Waals surface area contributed by atoms with Gasteiger partial charge in [-0.15, -0.1) is 6.58 Å². The second-order valence-electron chi connectivity index (χ2n) is 5.47. The number of aliphatic hydroxyl groups is 1. The first-order valence-corrected chi connectivity index (χ1v) is 7.80. The van der Waals surface area contributed by atoms with Crippen LogP contribution in [0.3, 0.4) is 0 Å². The Balaban J connectivity index is 2.71. The number of hydrogen-bond acceptors (Lipinski definition) is 4. The maximum Gasteiger partial charge on any atom is 0.137 e. The third kappa shape index (κ3) is 4.29. The minimum absolute atomic E-state index is 0.238. The fourth-order valence-electron chi connectivity index (χ4n) is 2.38. The molecule has 0 aromatic rings. The van der Waals surface area contributed by atoms with Crippen LogP contribution < -0.4 is 0 Å². The Morgan fingerprint density at radius 2 is 1.85 bits per heavy atom. The highest BCUT2D eigenvalue weighted by Crippen LogP contribution is 2.31. The molecule has 0 aromatic carbocycles. The summed E-state index contributed by atoms with van der Waals surface area (Å²) in [6.45, 7) is 11.6. The molecular formula is C16H30O4. The maximum absolute atomic E-state index is 10.8. The summed E-state index contributed by atoms with van der Waals surface area (Å²) in [6, 6.07) is 0. The maximum atomic E-state index is 10.8. The van der Waals surface area contributed by atoms with E-state index < -0.39 is 11.7 Å². The van der Waals surface area contributed by atoms with Gasteiger partial charge in [0.05, 0.1) is 12.7 Å². The second kappa shape index (κ2) is 8.78. The Labute approximate surface area is 123 Å². The quantitative estimate of drug-likeness (QED) is 0.523. The summed E-state index contributed by atoms with van der Waals surface area (Å²) in [6.07, 6.45) is 4.66. The van der Waals surface area contributed by atoms with Gasteiger partial charge in [-0.2, -0.15) is 0 Å². The molecule has 0 bridgehead atoms. The average molecular weight is 286 g/mol. The SMILES string of the molecule is C=C[C@@]1(O)C(C)OCC(OCCCC)C1OCCCC. The number of ether oxygens (including phenoxy) is 3. The number of hydrogen-bond donors (Lipinski definition) is 1. The van der Waals surface area contributed by atoms with Gasteiger partial charge in [0.25, 0.3) is 0 Å². The van der Waals surface area contributed by atoms with Crippen LogP contribution in [0.25, 0.3) is 0 Å². The Bertz CT molecular complexity index is 282. The molecule has 0 radical (unpaired) electrons. The van der Waals surface area contributed by atoms with E-state index >= 15 is 0 Å². The number of rotatable bonds is 9. The van der Waals surface area contributed by atoms with Crippen LogP contribution in [-0.2, 0) is 14.2 Å². The summed E-state index contributed by atoms with van der Waals surface area (Å²) in [5.74, 6) is 0. The Morgan fingerprint density at radius 3 is 2.40 bits per heavy atom. The van der Waals surface area contributed by atoms with Crippen LogP contribution in [0.2, 0.25) is 0 Å². The molecule has 1 saturated heterocycles. The molecule has 118 valence electrons. The fraction of sp³-hybridized carbons (Fsp3) is 0.875. The van der Waals surface area contributed by atoms with Crippen molar-refractivity contribution >= 4 is 0 Å². The predicted octanol–water partition coefficient (Wildman–Crippen LogP) is 2.69. The molecule has 1 aliphatic rings. The lowest BCUT2D eigenvalue weighted by Gasteiger charge is -2.46. The monoisotopic (exact) mass is 286 g/mol. The highest BCUT2D eigenvalue weighted by atomic mass is 16.6. The van der Waals surface area contributed by atoms with Crippen LogP contribution in [0.15, 0.2) is 12.7 Å². The molecule has 1 rings (SSSR count). The standard InChI is InChI=1S/C16H30O4/c1-5-8-10-18-14-12-20-13(4)16(17,7-3)15(14)19-11-9-6-2/h7,13-15,17H,3,5-6,8-12H2,1-2,4H3/t13?,14?,15?,16-/m1/s1. The fourth-order valence-corrected chi connectivity index (χ4v) is 2.38. The molecule has 20 heavy (non-hydrogen) atoms. The van der Waals surface area contributed by atoms with Crippen LogP contribution in [0.1, 0.15) is 46.5 Å². The Morgan fingerprint density at radius 1 is 1.25 bits per heavy atom. The van der Waals surface area contributed by atoms with E-state index in [1.807, 2.05) is 6.92 Å². The number of unbranched alkanes of at least 4 members (excludes halogenated alkanes) is 2. The third-order valence-electron chi connectivity index (χ3n) is 3.91. The van der Waals surface area contributed by atoms with E-state index in [-0.39, 0.29) is 12.2 Å². The lowest BCUT2D eigenvalue weighted by molar-refractivity contribution is -0.243. The van der Waals surface area contributed by atoms with Crippen molar-refractivity contribution in [3.8, 4) is 0 Å². The van der Waals surface area contributed by atoms with E-state index in [0.717, 1.165) is 25.7 Å². The molecule has 3 unspecified atom stereocenters. The molecule has 4 heteroatoms. The third-order valence-corrected chi connectivity index (χ3v) is 3.91. The summed E-state index contributed by atoms with van der Waals surface area (Å²) >= 11 is 0. The Hall–Kier alpha value is -0.420. The van der Waals surface area contributed by atoms with Gasteiger partial charge in [0, 0.05) is 13.2 Å². The van der Waals surface area contributed by atoms with E-state index in [1.54, 1.807) is 0 Å². The molecule has 4 nitrogen and oxygen atoms in total. The second-order valence-corrected chi connectivity index (χ2v) is 5.47. The molecule has 0 spiro atoms. The zero-order valence-corrected chi connectivity index (χ0v) is 13.1. The molecule has 1 N–H and O–H groups in total. The van der Waals surface area contributed by atoms with Crippen molar-refractivity contribution in [2.75, 3.05) is 19.8 Å². The average Bonchev–Trinajstić information content (AvgIpc) is 2.46. The summed E-state index contributed by atoms with van der Waals surface area (Å²) in [7, 11) is 0. The molecule has 0 amide bonds. The summed E-state index contributed by atoms with van der Waals surface area (Å²) in [5.41, 5.74) is -1.19. The first-order valence-electron chi connectivity index (χ1n) is 7.80. The Kier molecular flexibility index (Phi) is 7.74. The normalized spacial score (nSPS) is 34.1. The molecule has 0 aromatic heterocycles. The van der Waals surface area contributed by atoms with Crippen molar-refractivity contribution in [1.82, 2.24) is 0 Å². The summed E-state index contributed by atoms with van der Waals surface area (Å²) in [5, 5.41) is 10.8. The molecular weight excluding hydrogens is 256 g/mol. The van der Waals surface area contributed by atoms with Gasteiger partial charge in [0.15, 0.2) is 0 Å². The highest BCUT2D eigenvalue weighted by Gasteiger charge is 2.49. The van der Waals surface area contributed by atoms with Crippen LogP contribution in [0.4, 0.5) is 0 Å². The largest absolute Gasteiger partial charge is 0.380 e. The van der Waals surface area contributed by atoms with E-state index in [1.165, 1.54) is 6.08 Å². The molecule has 4 atom stereocenters. The molecule has 1 aliphatic heterocycles. The van der Waals surface area contributed by atoms with Gasteiger partial charge >= 0.3 is 0 Å². The van der Waals surface area contributed by atoms with Crippen molar-refractivity contribution in [1.29, 1.82) is 0 Å². The van der Waals surface area contributed by atoms with E-state index in [2.05, 4.69) is 20.4 Å².